The molecule has 0 heterocycles. The number of para-hydroxylation sites is 1. The minimum absolute atomic E-state index is 0.352. The van der Waals surface area contributed by atoms with E-state index in [2.05, 4.69) is 5.32 Å². The maximum Gasteiger partial charge on any atom is 0.338 e. The Morgan fingerprint density at radius 1 is 1.05 bits per heavy atom. The molecule has 114 valence electrons. The molecule has 0 aliphatic carbocycles. The third-order valence-electron chi connectivity index (χ3n) is 3.31. The van der Waals surface area contributed by atoms with Crippen LogP contribution in [0.2, 0.25) is 0 Å². The molecule has 1 amide bonds. The van der Waals surface area contributed by atoms with Crippen LogP contribution in [0.25, 0.3) is 0 Å². The number of hydrogen-bond acceptors (Lipinski definition) is 3. The summed E-state index contributed by atoms with van der Waals surface area (Å²) in [5.41, 5.74) is 3.07. The summed E-state index contributed by atoms with van der Waals surface area (Å²) in [5.74, 6) is -0.855. The molecule has 22 heavy (non-hydrogen) atoms. The summed E-state index contributed by atoms with van der Waals surface area (Å²) in [6.07, 6.45) is -0.868. The molecule has 1 unspecified atom stereocenters. The lowest BCUT2D eigenvalue weighted by Crippen LogP contribution is -2.30. The largest absolute Gasteiger partial charge is 0.449 e. The predicted octanol–water partition coefficient (Wildman–Crippen LogP) is 3.49. The number of anilines is 1. The molecular formula is C18H19NO3. The van der Waals surface area contributed by atoms with Crippen molar-refractivity contribution in [3.63, 3.8) is 0 Å². The molecule has 0 spiro atoms. The van der Waals surface area contributed by atoms with Crippen molar-refractivity contribution < 1.29 is 14.3 Å². The highest BCUT2D eigenvalue weighted by molar-refractivity contribution is 5.97. The molecular weight excluding hydrogens is 278 g/mol. The minimum atomic E-state index is -0.868. The topological polar surface area (TPSA) is 55.4 Å². The fraction of sp³-hybridized carbons (Fsp3) is 0.222. The van der Waals surface area contributed by atoms with E-state index in [-0.39, 0.29) is 5.91 Å². The van der Waals surface area contributed by atoms with Gasteiger partial charge in [-0.1, -0.05) is 35.9 Å². The first-order valence-electron chi connectivity index (χ1n) is 7.11. The fourth-order valence-electron chi connectivity index (χ4n) is 2.00. The van der Waals surface area contributed by atoms with E-state index in [0.29, 0.717) is 11.3 Å². The van der Waals surface area contributed by atoms with Crippen LogP contribution in [0.3, 0.4) is 0 Å². The molecule has 4 nitrogen and oxygen atoms in total. The van der Waals surface area contributed by atoms with Gasteiger partial charge in [0.05, 0.1) is 5.56 Å². The summed E-state index contributed by atoms with van der Waals surface area (Å²) in [6, 6.07) is 14.5. The van der Waals surface area contributed by atoms with Crippen LogP contribution in [0.15, 0.2) is 48.5 Å². The third-order valence-corrected chi connectivity index (χ3v) is 3.31. The van der Waals surface area contributed by atoms with E-state index in [4.69, 9.17) is 4.74 Å². The van der Waals surface area contributed by atoms with Crippen LogP contribution < -0.4 is 5.32 Å². The van der Waals surface area contributed by atoms with Crippen molar-refractivity contribution in [1.82, 2.24) is 0 Å². The molecule has 0 fully saturated rings. The standard InChI is InChI=1S/C18H19NO3/c1-12-7-6-9-15(11-12)18(21)22-14(3)17(20)19-16-10-5-4-8-13(16)2/h4-11,14H,1-3H3,(H,19,20). The molecule has 0 aromatic heterocycles. The summed E-state index contributed by atoms with van der Waals surface area (Å²) in [7, 11) is 0. The van der Waals surface area contributed by atoms with Crippen LogP contribution in [-0.2, 0) is 9.53 Å². The van der Waals surface area contributed by atoms with Crippen molar-refractivity contribution in [2.45, 2.75) is 26.9 Å². The molecule has 0 bridgehead atoms. The molecule has 2 aromatic carbocycles. The summed E-state index contributed by atoms with van der Waals surface area (Å²) in [5, 5.41) is 2.76. The predicted molar refractivity (Wildman–Crippen MR) is 85.9 cm³/mol. The van der Waals surface area contributed by atoms with Gasteiger partial charge in [0, 0.05) is 5.69 Å². The van der Waals surface area contributed by atoms with Crippen LogP contribution in [0, 0.1) is 13.8 Å². The minimum Gasteiger partial charge on any atom is -0.449 e. The van der Waals surface area contributed by atoms with Gasteiger partial charge >= 0.3 is 5.97 Å². The first-order chi connectivity index (χ1) is 10.5. The maximum atomic E-state index is 12.1. The Morgan fingerprint density at radius 2 is 1.77 bits per heavy atom. The zero-order valence-electron chi connectivity index (χ0n) is 12.9. The number of carbonyl (C=O) groups is 2. The number of carbonyl (C=O) groups excluding carboxylic acids is 2. The van der Waals surface area contributed by atoms with Crippen molar-refractivity contribution >= 4 is 17.6 Å². The fourth-order valence-corrected chi connectivity index (χ4v) is 2.00. The smallest absolute Gasteiger partial charge is 0.338 e. The second-order valence-electron chi connectivity index (χ2n) is 5.22. The number of amides is 1. The van der Waals surface area contributed by atoms with Crippen LogP contribution in [-0.4, -0.2) is 18.0 Å². The molecule has 0 radical (unpaired) electrons. The molecule has 0 aliphatic heterocycles. The van der Waals surface area contributed by atoms with Crippen molar-refractivity contribution in [3.05, 3.63) is 65.2 Å². The lowest BCUT2D eigenvalue weighted by molar-refractivity contribution is -0.123. The molecule has 0 aliphatic rings. The summed E-state index contributed by atoms with van der Waals surface area (Å²) in [6.45, 7) is 5.35. The van der Waals surface area contributed by atoms with E-state index in [9.17, 15) is 9.59 Å². The number of benzene rings is 2. The van der Waals surface area contributed by atoms with Gasteiger partial charge in [-0.2, -0.15) is 0 Å². The second kappa shape index (κ2) is 6.89. The molecule has 1 atom stereocenters. The Kier molecular flexibility index (Phi) is 4.94. The van der Waals surface area contributed by atoms with Gasteiger partial charge in [-0.15, -0.1) is 0 Å². The van der Waals surface area contributed by atoms with Crippen LogP contribution in [0.4, 0.5) is 5.69 Å². The van der Waals surface area contributed by atoms with Gasteiger partial charge in [-0.25, -0.2) is 4.79 Å². The van der Waals surface area contributed by atoms with Gasteiger partial charge in [0.25, 0.3) is 5.91 Å². The summed E-state index contributed by atoms with van der Waals surface area (Å²) >= 11 is 0. The number of esters is 1. The van der Waals surface area contributed by atoms with Crippen LogP contribution in [0.5, 0.6) is 0 Å². The monoisotopic (exact) mass is 297 g/mol. The zero-order valence-corrected chi connectivity index (χ0v) is 12.9. The summed E-state index contributed by atoms with van der Waals surface area (Å²) < 4.78 is 5.21. The van der Waals surface area contributed by atoms with Crippen LogP contribution >= 0.6 is 0 Å². The molecule has 2 rings (SSSR count). The Balaban J connectivity index is 1.99. The van der Waals surface area contributed by atoms with E-state index < -0.39 is 12.1 Å². The Labute approximate surface area is 130 Å². The van der Waals surface area contributed by atoms with E-state index >= 15 is 0 Å². The second-order valence-corrected chi connectivity index (χ2v) is 5.22. The highest BCUT2D eigenvalue weighted by Gasteiger charge is 2.19. The van der Waals surface area contributed by atoms with E-state index in [1.165, 1.54) is 0 Å². The number of aryl methyl sites for hydroxylation is 2. The quantitative estimate of drug-likeness (QED) is 0.879. The lowest BCUT2D eigenvalue weighted by atomic mass is 10.1. The average Bonchev–Trinajstić information content (AvgIpc) is 2.49. The molecule has 1 N–H and O–H groups in total. The first-order valence-corrected chi connectivity index (χ1v) is 7.11. The molecule has 0 saturated heterocycles. The van der Waals surface area contributed by atoms with Crippen molar-refractivity contribution in [3.8, 4) is 0 Å². The number of ether oxygens (including phenoxy) is 1. The zero-order chi connectivity index (χ0) is 16.1. The van der Waals surface area contributed by atoms with Gasteiger partial charge in [0.1, 0.15) is 0 Å². The van der Waals surface area contributed by atoms with Crippen molar-refractivity contribution in [2.75, 3.05) is 5.32 Å². The molecule has 0 saturated carbocycles. The Morgan fingerprint density at radius 3 is 2.45 bits per heavy atom. The van der Waals surface area contributed by atoms with Gasteiger partial charge in [-0.05, 0) is 44.5 Å². The number of nitrogens with one attached hydrogen (secondary N) is 1. The van der Waals surface area contributed by atoms with E-state index in [0.717, 1.165) is 11.1 Å². The SMILES string of the molecule is Cc1cccc(C(=O)OC(C)C(=O)Nc2ccccc2C)c1. The maximum absolute atomic E-state index is 12.1. The Bertz CT molecular complexity index is 694. The van der Waals surface area contributed by atoms with Gasteiger partial charge in [0.2, 0.25) is 0 Å². The highest BCUT2D eigenvalue weighted by Crippen LogP contribution is 2.14. The highest BCUT2D eigenvalue weighted by atomic mass is 16.5. The van der Waals surface area contributed by atoms with Gasteiger partial charge in [-0.3, -0.25) is 4.79 Å². The van der Waals surface area contributed by atoms with Crippen molar-refractivity contribution in [1.29, 1.82) is 0 Å². The molecule has 2 aromatic rings. The van der Waals surface area contributed by atoms with E-state index in [1.807, 2.05) is 44.2 Å². The first kappa shape index (κ1) is 15.8. The normalized spacial score (nSPS) is 11.6. The van der Waals surface area contributed by atoms with Crippen LogP contribution in [0.1, 0.15) is 28.4 Å². The van der Waals surface area contributed by atoms with Crippen molar-refractivity contribution in [2.24, 2.45) is 0 Å². The Hall–Kier alpha value is -2.62. The van der Waals surface area contributed by atoms with Gasteiger partial charge < -0.3 is 10.1 Å². The molecule has 4 heteroatoms. The van der Waals surface area contributed by atoms with Gasteiger partial charge in [0.15, 0.2) is 6.10 Å². The summed E-state index contributed by atoms with van der Waals surface area (Å²) in [4.78, 5) is 24.1. The lowest BCUT2D eigenvalue weighted by Gasteiger charge is -2.14. The third kappa shape index (κ3) is 3.95. The van der Waals surface area contributed by atoms with E-state index in [1.54, 1.807) is 25.1 Å². The number of hydrogen-bond donors (Lipinski definition) is 1. The number of rotatable bonds is 4. The average molecular weight is 297 g/mol.